The molecule has 2 atom stereocenters. The van der Waals surface area contributed by atoms with E-state index in [2.05, 4.69) is 24.5 Å². The number of amides is 1. The first-order chi connectivity index (χ1) is 6.97. The monoisotopic (exact) mass is 216 g/mol. The number of carbonyl (C=O) groups is 1. The summed E-state index contributed by atoms with van der Waals surface area (Å²) >= 11 is 0. The molecule has 0 aliphatic rings. The molecule has 4 heteroatoms. The average molecular weight is 216 g/mol. The highest BCUT2D eigenvalue weighted by Crippen LogP contribution is 1.95. The lowest BCUT2D eigenvalue weighted by Gasteiger charge is -2.19. The Labute approximate surface area is 92.8 Å². The molecule has 2 N–H and O–H groups in total. The minimum Gasteiger partial charge on any atom is -0.380 e. The summed E-state index contributed by atoms with van der Waals surface area (Å²) < 4.78 is 5.15. The highest BCUT2D eigenvalue weighted by Gasteiger charge is 2.11. The molecule has 0 aromatic carbocycles. The molecule has 0 aliphatic heterocycles. The van der Waals surface area contributed by atoms with Crippen LogP contribution < -0.4 is 10.6 Å². The van der Waals surface area contributed by atoms with Crippen molar-refractivity contribution in [2.24, 2.45) is 5.92 Å². The van der Waals surface area contributed by atoms with Crippen LogP contribution >= 0.6 is 0 Å². The number of nitrogens with one attached hydrogen (secondary N) is 2. The van der Waals surface area contributed by atoms with E-state index >= 15 is 0 Å². The maximum Gasteiger partial charge on any atom is 0.233 e. The molecule has 0 radical (unpaired) electrons. The highest BCUT2D eigenvalue weighted by molar-refractivity contribution is 5.77. The largest absolute Gasteiger partial charge is 0.380 e. The van der Waals surface area contributed by atoms with E-state index in [-0.39, 0.29) is 18.1 Å². The molecule has 0 spiro atoms. The summed E-state index contributed by atoms with van der Waals surface area (Å²) in [5.74, 6) is 0.531. The van der Waals surface area contributed by atoms with Gasteiger partial charge in [0.15, 0.2) is 0 Å². The maximum absolute atomic E-state index is 11.3. The van der Waals surface area contributed by atoms with Gasteiger partial charge >= 0.3 is 0 Å². The fraction of sp³-hybridized carbons (Fsp3) is 0.909. The van der Waals surface area contributed by atoms with Gasteiger partial charge in [-0.15, -0.1) is 0 Å². The van der Waals surface area contributed by atoms with E-state index in [0.29, 0.717) is 12.5 Å². The van der Waals surface area contributed by atoms with E-state index in [4.69, 9.17) is 4.74 Å². The van der Waals surface area contributed by atoms with Crippen LogP contribution in [0, 0.1) is 5.92 Å². The SMILES string of the molecule is COC(C)C(C)NCC(=O)NCC(C)C. The first-order valence-electron chi connectivity index (χ1n) is 5.50. The Hall–Kier alpha value is -0.610. The van der Waals surface area contributed by atoms with E-state index in [1.807, 2.05) is 13.8 Å². The molecule has 15 heavy (non-hydrogen) atoms. The van der Waals surface area contributed by atoms with Gasteiger partial charge in [0.2, 0.25) is 5.91 Å². The van der Waals surface area contributed by atoms with Crippen LogP contribution in [0.3, 0.4) is 0 Å². The predicted octanol–water partition coefficient (Wildman–Crippen LogP) is 0.772. The topological polar surface area (TPSA) is 50.4 Å². The van der Waals surface area contributed by atoms with Crippen LogP contribution in [-0.2, 0) is 9.53 Å². The highest BCUT2D eigenvalue weighted by atomic mass is 16.5. The van der Waals surface area contributed by atoms with Crippen molar-refractivity contribution in [3.63, 3.8) is 0 Å². The molecule has 2 unspecified atom stereocenters. The Morgan fingerprint density at radius 3 is 2.33 bits per heavy atom. The van der Waals surface area contributed by atoms with Gasteiger partial charge < -0.3 is 15.4 Å². The van der Waals surface area contributed by atoms with Crippen molar-refractivity contribution in [1.29, 1.82) is 0 Å². The van der Waals surface area contributed by atoms with Crippen molar-refractivity contribution in [2.45, 2.75) is 39.8 Å². The quantitative estimate of drug-likeness (QED) is 0.661. The number of ether oxygens (including phenoxy) is 1. The molecule has 0 aliphatic carbocycles. The lowest BCUT2D eigenvalue weighted by molar-refractivity contribution is -0.120. The molecule has 4 nitrogen and oxygen atoms in total. The summed E-state index contributed by atoms with van der Waals surface area (Å²) in [7, 11) is 1.67. The molecule has 0 saturated carbocycles. The fourth-order valence-corrected chi connectivity index (χ4v) is 1.00. The van der Waals surface area contributed by atoms with E-state index in [1.54, 1.807) is 7.11 Å². The van der Waals surface area contributed by atoms with E-state index in [0.717, 1.165) is 6.54 Å². The minimum absolute atomic E-state index is 0.0406. The van der Waals surface area contributed by atoms with Gasteiger partial charge in [-0.25, -0.2) is 0 Å². The summed E-state index contributed by atoms with van der Waals surface area (Å²) in [6, 6.07) is 0.180. The Bertz CT molecular complexity index is 183. The normalized spacial score (nSPS) is 15.1. The van der Waals surface area contributed by atoms with Gasteiger partial charge in [0.05, 0.1) is 12.6 Å². The third kappa shape index (κ3) is 7.33. The van der Waals surface area contributed by atoms with Gasteiger partial charge in [-0.1, -0.05) is 13.8 Å². The van der Waals surface area contributed by atoms with Crippen LogP contribution in [-0.4, -0.2) is 38.3 Å². The van der Waals surface area contributed by atoms with Crippen LogP contribution in [0.5, 0.6) is 0 Å². The van der Waals surface area contributed by atoms with Crippen molar-refractivity contribution >= 4 is 5.91 Å². The molecule has 1 amide bonds. The van der Waals surface area contributed by atoms with Gasteiger partial charge in [0, 0.05) is 19.7 Å². The van der Waals surface area contributed by atoms with Crippen molar-refractivity contribution in [3.05, 3.63) is 0 Å². The third-order valence-corrected chi connectivity index (χ3v) is 2.37. The number of hydrogen-bond acceptors (Lipinski definition) is 3. The minimum atomic E-state index is 0.0406. The van der Waals surface area contributed by atoms with E-state index in [1.165, 1.54) is 0 Å². The number of carbonyl (C=O) groups excluding carboxylic acids is 1. The van der Waals surface area contributed by atoms with E-state index < -0.39 is 0 Å². The average Bonchev–Trinajstić information content (AvgIpc) is 2.21. The molecule has 0 bridgehead atoms. The second-order valence-electron chi connectivity index (χ2n) is 4.31. The third-order valence-electron chi connectivity index (χ3n) is 2.37. The van der Waals surface area contributed by atoms with Crippen molar-refractivity contribution in [3.8, 4) is 0 Å². The molecule has 0 heterocycles. The van der Waals surface area contributed by atoms with Gasteiger partial charge in [-0.3, -0.25) is 4.79 Å². The Morgan fingerprint density at radius 2 is 1.87 bits per heavy atom. The molecule has 0 aromatic rings. The van der Waals surface area contributed by atoms with Crippen molar-refractivity contribution in [2.75, 3.05) is 20.2 Å². The van der Waals surface area contributed by atoms with Crippen molar-refractivity contribution < 1.29 is 9.53 Å². The van der Waals surface area contributed by atoms with Gasteiger partial charge in [0.1, 0.15) is 0 Å². The standard InChI is InChI=1S/C11H24N2O2/c1-8(2)6-13-11(14)7-12-9(3)10(4)15-5/h8-10,12H,6-7H2,1-5H3,(H,13,14). The van der Waals surface area contributed by atoms with Crippen molar-refractivity contribution in [1.82, 2.24) is 10.6 Å². The van der Waals surface area contributed by atoms with Crippen LogP contribution in [0.15, 0.2) is 0 Å². The summed E-state index contributed by atoms with van der Waals surface area (Å²) in [6.07, 6.45) is 0.114. The molecular weight excluding hydrogens is 192 g/mol. The van der Waals surface area contributed by atoms with Gasteiger partial charge in [-0.2, -0.15) is 0 Å². The number of hydrogen-bond donors (Lipinski definition) is 2. The molecule has 0 fully saturated rings. The zero-order valence-corrected chi connectivity index (χ0v) is 10.5. The fourth-order valence-electron chi connectivity index (χ4n) is 1.00. The summed E-state index contributed by atoms with van der Waals surface area (Å²) in [4.78, 5) is 11.3. The molecule has 0 aromatic heterocycles. The number of rotatable bonds is 7. The molecule has 90 valence electrons. The second kappa shape index (κ2) is 7.65. The smallest absolute Gasteiger partial charge is 0.233 e. The van der Waals surface area contributed by atoms with Crippen LogP contribution in [0.4, 0.5) is 0 Å². The summed E-state index contributed by atoms with van der Waals surface area (Å²) in [5.41, 5.74) is 0. The first-order valence-corrected chi connectivity index (χ1v) is 5.50. The van der Waals surface area contributed by atoms with E-state index in [9.17, 15) is 4.79 Å². The maximum atomic E-state index is 11.3. The van der Waals surface area contributed by atoms with Gasteiger partial charge in [-0.05, 0) is 19.8 Å². The lowest BCUT2D eigenvalue weighted by atomic mass is 10.2. The lowest BCUT2D eigenvalue weighted by Crippen LogP contribution is -2.43. The Balaban J connectivity index is 3.62. The zero-order chi connectivity index (χ0) is 11.8. The molecule has 0 rings (SSSR count). The predicted molar refractivity (Wildman–Crippen MR) is 61.8 cm³/mol. The number of methoxy groups -OCH3 is 1. The summed E-state index contributed by atoms with van der Waals surface area (Å²) in [6.45, 7) is 9.20. The van der Waals surface area contributed by atoms with Gasteiger partial charge in [0.25, 0.3) is 0 Å². The Kier molecular flexibility index (Phi) is 7.34. The molecular formula is C11H24N2O2. The summed E-state index contributed by atoms with van der Waals surface area (Å²) in [5, 5.41) is 5.97. The van der Waals surface area contributed by atoms with Crippen LogP contribution in [0.25, 0.3) is 0 Å². The Morgan fingerprint density at radius 1 is 1.27 bits per heavy atom. The van der Waals surface area contributed by atoms with Crippen LogP contribution in [0.2, 0.25) is 0 Å². The zero-order valence-electron chi connectivity index (χ0n) is 10.5. The molecule has 0 saturated heterocycles. The first kappa shape index (κ1) is 14.4. The van der Waals surface area contributed by atoms with Crippen LogP contribution in [0.1, 0.15) is 27.7 Å². The second-order valence-corrected chi connectivity index (χ2v) is 4.31.